The van der Waals surface area contributed by atoms with E-state index in [0.717, 1.165) is 36.9 Å². The average molecular weight is 591 g/mol. The van der Waals surface area contributed by atoms with Gasteiger partial charge in [0.15, 0.2) is 0 Å². The standard InChI is InChI=1S/C32H38N4O5S/c1-21-5-3-4-18-36(21)32(39)24-11-13-25(14-12-24)34-42(40,41)26-15-16-27-28(20-33)31(35(2)29(27)19-26)23-9-6-22(7-10-23)8-17-30(37)38/h6-7,9-10,15-16,19,21,24-25,34H,3-5,8,11-14,17-18H2,1-2H3,(H,37,38). The van der Waals surface area contributed by atoms with E-state index in [-0.39, 0.29) is 35.2 Å². The number of nitrogens with zero attached hydrogens (tertiary/aromatic N) is 3. The number of nitrogens with one attached hydrogen (secondary N) is 1. The summed E-state index contributed by atoms with van der Waals surface area (Å²) in [6.07, 6.45) is 6.31. The van der Waals surface area contributed by atoms with Gasteiger partial charge in [-0.25, -0.2) is 13.1 Å². The molecule has 10 heteroatoms. The quantitative estimate of drug-likeness (QED) is 0.381. The van der Waals surface area contributed by atoms with Crippen molar-refractivity contribution in [2.75, 3.05) is 6.54 Å². The van der Waals surface area contributed by atoms with Gasteiger partial charge in [-0.15, -0.1) is 0 Å². The smallest absolute Gasteiger partial charge is 0.303 e. The van der Waals surface area contributed by atoms with Crippen molar-refractivity contribution in [1.29, 1.82) is 5.26 Å². The third-order valence-electron chi connectivity index (χ3n) is 8.93. The zero-order valence-electron chi connectivity index (χ0n) is 24.2. The van der Waals surface area contributed by atoms with E-state index >= 15 is 0 Å². The lowest BCUT2D eigenvalue weighted by atomic mass is 9.85. The van der Waals surface area contributed by atoms with Crippen LogP contribution in [0.15, 0.2) is 47.4 Å². The van der Waals surface area contributed by atoms with E-state index in [1.807, 2.05) is 40.8 Å². The van der Waals surface area contributed by atoms with E-state index in [0.29, 0.717) is 54.3 Å². The molecule has 1 atom stereocenters. The van der Waals surface area contributed by atoms with E-state index in [2.05, 4.69) is 17.7 Å². The van der Waals surface area contributed by atoms with Gasteiger partial charge in [-0.2, -0.15) is 5.26 Å². The number of piperidine rings is 1. The number of aromatic nitrogens is 1. The molecule has 2 aromatic carbocycles. The number of aryl methyl sites for hydroxylation is 2. The maximum Gasteiger partial charge on any atom is 0.303 e. The number of carboxylic acids is 1. The van der Waals surface area contributed by atoms with E-state index in [1.165, 1.54) is 6.07 Å². The highest BCUT2D eigenvalue weighted by Gasteiger charge is 2.34. The molecule has 0 bridgehead atoms. The first-order chi connectivity index (χ1) is 20.1. The van der Waals surface area contributed by atoms with Crippen molar-refractivity contribution in [3.63, 3.8) is 0 Å². The van der Waals surface area contributed by atoms with Crippen LogP contribution in [0.2, 0.25) is 0 Å². The molecule has 1 unspecified atom stereocenters. The van der Waals surface area contributed by atoms with E-state index < -0.39 is 16.0 Å². The number of carbonyl (C=O) groups excluding carboxylic acids is 1. The molecule has 1 amide bonds. The number of fused-ring (bicyclic) bond motifs is 1. The van der Waals surface area contributed by atoms with Crippen LogP contribution in [0.5, 0.6) is 0 Å². The molecular formula is C32H38N4O5S. The van der Waals surface area contributed by atoms with Crippen LogP contribution < -0.4 is 4.72 Å². The van der Waals surface area contributed by atoms with E-state index in [9.17, 15) is 23.3 Å². The number of likely N-dealkylation sites (tertiary alicyclic amines) is 1. The van der Waals surface area contributed by atoms with Crippen molar-refractivity contribution in [1.82, 2.24) is 14.2 Å². The van der Waals surface area contributed by atoms with Crippen LogP contribution in [0.25, 0.3) is 22.2 Å². The second kappa shape index (κ2) is 12.3. The number of sulfonamides is 1. The Hall–Kier alpha value is -3.68. The largest absolute Gasteiger partial charge is 0.481 e. The third-order valence-corrected chi connectivity index (χ3v) is 10.5. The van der Waals surface area contributed by atoms with Crippen molar-refractivity contribution in [2.45, 2.75) is 81.7 Å². The minimum atomic E-state index is -3.82. The van der Waals surface area contributed by atoms with Crippen LogP contribution >= 0.6 is 0 Å². The van der Waals surface area contributed by atoms with Crippen LogP contribution in [-0.2, 0) is 33.1 Å². The minimum absolute atomic E-state index is 0.0412. The van der Waals surface area contributed by atoms with Gasteiger partial charge in [0.05, 0.1) is 21.7 Å². The summed E-state index contributed by atoms with van der Waals surface area (Å²) in [4.78, 5) is 26.2. The first-order valence-corrected chi connectivity index (χ1v) is 16.2. The molecule has 42 heavy (non-hydrogen) atoms. The third kappa shape index (κ3) is 6.08. The highest BCUT2D eigenvalue weighted by Crippen LogP contribution is 2.35. The van der Waals surface area contributed by atoms with E-state index in [1.54, 1.807) is 12.1 Å². The Balaban J connectivity index is 1.31. The molecular weight excluding hydrogens is 552 g/mol. The molecule has 1 aliphatic heterocycles. The highest BCUT2D eigenvalue weighted by molar-refractivity contribution is 7.89. The fraction of sp³-hybridized carbons (Fsp3) is 0.469. The van der Waals surface area contributed by atoms with Gasteiger partial charge in [0.2, 0.25) is 15.9 Å². The zero-order valence-corrected chi connectivity index (χ0v) is 25.0. The van der Waals surface area contributed by atoms with Gasteiger partial charge in [0.1, 0.15) is 6.07 Å². The molecule has 9 nitrogen and oxygen atoms in total. The number of nitriles is 1. The average Bonchev–Trinajstić information content (AvgIpc) is 3.27. The number of aliphatic carboxylic acids is 1. The molecule has 3 aromatic rings. The SMILES string of the molecule is CC1CCCCN1C(=O)C1CCC(NS(=O)(=O)c2ccc3c(C#N)c(-c4ccc(CCC(=O)O)cc4)n(C)c3c2)CC1. The Bertz CT molecular complexity index is 1630. The molecule has 1 aliphatic carbocycles. The van der Waals surface area contributed by atoms with Gasteiger partial charge in [0, 0.05) is 43.4 Å². The molecule has 0 spiro atoms. The van der Waals surface area contributed by atoms with Crippen LogP contribution in [0.3, 0.4) is 0 Å². The predicted octanol–water partition coefficient (Wildman–Crippen LogP) is 4.97. The Morgan fingerprint density at radius 3 is 2.40 bits per heavy atom. The number of hydrogen-bond acceptors (Lipinski definition) is 5. The molecule has 2 heterocycles. The van der Waals surface area contributed by atoms with Crippen molar-refractivity contribution in [3.8, 4) is 17.3 Å². The predicted molar refractivity (Wildman–Crippen MR) is 160 cm³/mol. The van der Waals surface area contributed by atoms with Crippen molar-refractivity contribution < 1.29 is 23.1 Å². The topological polar surface area (TPSA) is 132 Å². The van der Waals surface area contributed by atoms with Crippen LogP contribution in [0.4, 0.5) is 0 Å². The molecule has 0 radical (unpaired) electrons. The monoisotopic (exact) mass is 590 g/mol. The maximum atomic E-state index is 13.4. The second-order valence-electron chi connectivity index (χ2n) is 11.7. The van der Waals surface area contributed by atoms with Crippen LogP contribution in [0.1, 0.15) is 69.4 Å². The molecule has 2 aliphatic rings. The van der Waals surface area contributed by atoms with E-state index in [4.69, 9.17) is 5.11 Å². The summed E-state index contributed by atoms with van der Waals surface area (Å²) in [5.74, 6) is -0.679. The summed E-state index contributed by atoms with van der Waals surface area (Å²) in [5, 5.41) is 19.6. The van der Waals surface area contributed by atoms with Gasteiger partial charge >= 0.3 is 5.97 Å². The van der Waals surface area contributed by atoms with Gasteiger partial charge in [0.25, 0.3) is 0 Å². The van der Waals surface area contributed by atoms with Crippen molar-refractivity contribution >= 4 is 32.8 Å². The molecule has 2 N–H and O–H groups in total. The number of benzene rings is 2. The molecule has 1 saturated carbocycles. The van der Waals surface area contributed by atoms with Gasteiger partial charge in [-0.05, 0) is 81.5 Å². The number of rotatable bonds is 8. The fourth-order valence-electron chi connectivity index (χ4n) is 6.52. The van der Waals surface area contributed by atoms with Crippen LogP contribution in [0, 0.1) is 17.2 Å². The van der Waals surface area contributed by atoms with Gasteiger partial charge in [-0.1, -0.05) is 30.3 Å². The lowest BCUT2D eigenvalue weighted by Crippen LogP contribution is -2.47. The van der Waals surface area contributed by atoms with Gasteiger partial charge in [-0.3, -0.25) is 9.59 Å². The Kier molecular flexibility index (Phi) is 8.71. The molecule has 1 saturated heterocycles. The van der Waals surface area contributed by atoms with Gasteiger partial charge < -0.3 is 14.6 Å². The Labute approximate surface area is 247 Å². The highest BCUT2D eigenvalue weighted by atomic mass is 32.2. The molecule has 222 valence electrons. The number of carbonyl (C=O) groups is 2. The summed E-state index contributed by atoms with van der Waals surface area (Å²) < 4.78 is 31.6. The maximum absolute atomic E-state index is 13.4. The molecule has 5 rings (SSSR count). The summed E-state index contributed by atoms with van der Waals surface area (Å²) in [7, 11) is -2.01. The van der Waals surface area contributed by atoms with Crippen molar-refractivity contribution in [2.24, 2.45) is 13.0 Å². The lowest BCUT2D eigenvalue weighted by molar-refractivity contribution is -0.140. The second-order valence-corrected chi connectivity index (χ2v) is 13.4. The summed E-state index contributed by atoms with van der Waals surface area (Å²) in [5.41, 5.74) is 3.43. The lowest BCUT2D eigenvalue weighted by Gasteiger charge is -2.38. The van der Waals surface area contributed by atoms with Crippen molar-refractivity contribution in [3.05, 3.63) is 53.6 Å². The number of carboxylic acid groups (broad SMARTS) is 1. The molecule has 2 fully saturated rings. The molecule has 1 aromatic heterocycles. The van der Waals surface area contributed by atoms with Crippen LogP contribution in [-0.4, -0.2) is 53.5 Å². The Morgan fingerprint density at radius 1 is 1.05 bits per heavy atom. The normalized spacial score (nSPS) is 21.3. The minimum Gasteiger partial charge on any atom is -0.481 e. The summed E-state index contributed by atoms with van der Waals surface area (Å²) in [6.45, 7) is 2.94. The first-order valence-electron chi connectivity index (χ1n) is 14.8. The summed E-state index contributed by atoms with van der Waals surface area (Å²) in [6, 6.07) is 14.6. The number of amides is 1. The summed E-state index contributed by atoms with van der Waals surface area (Å²) >= 11 is 0. The Morgan fingerprint density at radius 2 is 1.76 bits per heavy atom. The number of hydrogen-bond donors (Lipinski definition) is 2. The fourth-order valence-corrected chi connectivity index (χ4v) is 7.85. The first kappa shape index (κ1) is 29.8. The zero-order chi connectivity index (χ0) is 30.0.